The van der Waals surface area contributed by atoms with Gasteiger partial charge in [0.05, 0.1) is 5.69 Å². The van der Waals surface area contributed by atoms with Gasteiger partial charge in [0.15, 0.2) is 5.82 Å². The summed E-state index contributed by atoms with van der Waals surface area (Å²) in [5, 5.41) is 8.89. The normalized spacial score (nSPS) is 14.2. The van der Waals surface area contributed by atoms with E-state index in [1.165, 1.54) is 11.1 Å². The van der Waals surface area contributed by atoms with Crippen LogP contribution in [-0.2, 0) is 0 Å². The van der Waals surface area contributed by atoms with Crippen molar-refractivity contribution >= 4 is 11.7 Å². The Labute approximate surface area is 165 Å². The molecule has 3 aromatic rings. The maximum atomic E-state index is 12.6. The summed E-state index contributed by atoms with van der Waals surface area (Å²) < 4.78 is 0. The van der Waals surface area contributed by atoms with Gasteiger partial charge in [0, 0.05) is 37.3 Å². The summed E-state index contributed by atoms with van der Waals surface area (Å²) in [5.41, 5.74) is 5.19. The van der Waals surface area contributed by atoms with E-state index in [1.807, 2.05) is 47.4 Å². The molecule has 1 amide bonds. The molecule has 142 valence electrons. The lowest BCUT2D eigenvalue weighted by molar-refractivity contribution is 0.0746. The standard InChI is InChI=1S/C23H24N4O/c1-17-8-9-20(18(2)16-17)21-10-11-22(25-24-21)26-12-14-27(15-13-26)23(28)19-6-4-3-5-7-19/h3-11,16H,12-15H2,1-2H3. The molecule has 1 aliphatic rings. The van der Waals surface area contributed by atoms with Gasteiger partial charge in [0.2, 0.25) is 0 Å². The number of carbonyl (C=O) groups excluding carboxylic acids is 1. The van der Waals surface area contributed by atoms with Crippen molar-refractivity contribution in [2.75, 3.05) is 31.1 Å². The number of amides is 1. The number of hydrogen-bond donors (Lipinski definition) is 0. The Morgan fingerprint density at radius 1 is 0.857 bits per heavy atom. The minimum atomic E-state index is 0.0940. The fourth-order valence-electron chi connectivity index (χ4n) is 3.64. The lowest BCUT2D eigenvalue weighted by Crippen LogP contribution is -2.49. The Morgan fingerprint density at radius 2 is 1.61 bits per heavy atom. The molecule has 5 nitrogen and oxygen atoms in total. The van der Waals surface area contributed by atoms with Crippen LogP contribution in [0, 0.1) is 13.8 Å². The maximum Gasteiger partial charge on any atom is 0.253 e. The van der Waals surface area contributed by atoms with Gasteiger partial charge in [0.25, 0.3) is 5.91 Å². The largest absolute Gasteiger partial charge is 0.352 e. The van der Waals surface area contributed by atoms with E-state index in [0.717, 1.165) is 35.7 Å². The van der Waals surface area contributed by atoms with E-state index in [2.05, 4.69) is 47.1 Å². The fourth-order valence-corrected chi connectivity index (χ4v) is 3.64. The summed E-state index contributed by atoms with van der Waals surface area (Å²) in [6.07, 6.45) is 0. The van der Waals surface area contributed by atoms with Crippen LogP contribution in [0.1, 0.15) is 21.5 Å². The second-order valence-electron chi connectivity index (χ2n) is 7.24. The molecule has 28 heavy (non-hydrogen) atoms. The quantitative estimate of drug-likeness (QED) is 0.703. The van der Waals surface area contributed by atoms with Crippen molar-refractivity contribution in [2.24, 2.45) is 0 Å². The van der Waals surface area contributed by atoms with E-state index in [4.69, 9.17) is 0 Å². The zero-order chi connectivity index (χ0) is 19.5. The van der Waals surface area contributed by atoms with Crippen molar-refractivity contribution in [1.82, 2.24) is 15.1 Å². The number of hydrogen-bond acceptors (Lipinski definition) is 4. The van der Waals surface area contributed by atoms with Crippen LogP contribution >= 0.6 is 0 Å². The minimum Gasteiger partial charge on any atom is -0.352 e. The first-order valence-electron chi connectivity index (χ1n) is 9.62. The molecule has 2 heterocycles. The van der Waals surface area contributed by atoms with Crippen molar-refractivity contribution < 1.29 is 4.79 Å². The van der Waals surface area contributed by atoms with Crippen molar-refractivity contribution in [1.29, 1.82) is 0 Å². The Morgan fingerprint density at radius 3 is 2.25 bits per heavy atom. The number of rotatable bonds is 3. The van der Waals surface area contributed by atoms with Crippen LogP contribution in [0.4, 0.5) is 5.82 Å². The number of nitrogens with zero attached hydrogens (tertiary/aromatic N) is 4. The second-order valence-corrected chi connectivity index (χ2v) is 7.24. The van der Waals surface area contributed by atoms with E-state index in [9.17, 15) is 4.79 Å². The molecule has 0 bridgehead atoms. The molecule has 1 saturated heterocycles. The van der Waals surface area contributed by atoms with E-state index in [1.54, 1.807) is 0 Å². The summed E-state index contributed by atoms with van der Waals surface area (Å²) >= 11 is 0. The number of carbonyl (C=O) groups is 1. The van der Waals surface area contributed by atoms with Gasteiger partial charge in [-0.3, -0.25) is 4.79 Å². The highest BCUT2D eigenvalue weighted by molar-refractivity contribution is 5.94. The molecule has 0 aliphatic carbocycles. The van der Waals surface area contributed by atoms with Crippen LogP contribution in [0.5, 0.6) is 0 Å². The predicted octanol–water partition coefficient (Wildman–Crippen LogP) is 3.72. The molecule has 1 aliphatic heterocycles. The van der Waals surface area contributed by atoms with Crippen LogP contribution in [0.2, 0.25) is 0 Å². The van der Waals surface area contributed by atoms with E-state index >= 15 is 0 Å². The van der Waals surface area contributed by atoms with Gasteiger partial charge >= 0.3 is 0 Å². The molecule has 0 atom stereocenters. The molecule has 1 fully saturated rings. The van der Waals surface area contributed by atoms with E-state index < -0.39 is 0 Å². The van der Waals surface area contributed by atoms with Gasteiger partial charge in [0.1, 0.15) is 0 Å². The molecule has 5 heteroatoms. The zero-order valence-corrected chi connectivity index (χ0v) is 16.3. The molecule has 0 spiro atoms. The Balaban J connectivity index is 1.42. The van der Waals surface area contributed by atoms with Gasteiger partial charge in [-0.15, -0.1) is 10.2 Å². The molecule has 0 radical (unpaired) electrons. The molecule has 0 N–H and O–H groups in total. The summed E-state index contributed by atoms with van der Waals surface area (Å²) in [7, 11) is 0. The molecule has 0 saturated carbocycles. The van der Waals surface area contributed by atoms with Crippen molar-refractivity contribution in [3.05, 3.63) is 77.4 Å². The smallest absolute Gasteiger partial charge is 0.253 e. The van der Waals surface area contributed by atoms with Crippen molar-refractivity contribution in [2.45, 2.75) is 13.8 Å². The molecule has 1 aromatic heterocycles. The summed E-state index contributed by atoms with van der Waals surface area (Å²) in [6, 6.07) is 19.9. The van der Waals surface area contributed by atoms with Gasteiger partial charge in [-0.05, 0) is 43.7 Å². The third kappa shape index (κ3) is 3.74. The van der Waals surface area contributed by atoms with E-state index in [-0.39, 0.29) is 5.91 Å². The zero-order valence-electron chi connectivity index (χ0n) is 16.3. The lowest BCUT2D eigenvalue weighted by Gasteiger charge is -2.35. The third-order valence-corrected chi connectivity index (χ3v) is 5.22. The summed E-state index contributed by atoms with van der Waals surface area (Å²) in [4.78, 5) is 16.7. The van der Waals surface area contributed by atoms with Gasteiger partial charge in [-0.2, -0.15) is 0 Å². The predicted molar refractivity (Wildman–Crippen MR) is 112 cm³/mol. The molecular weight excluding hydrogens is 348 g/mol. The molecule has 0 unspecified atom stereocenters. The first-order valence-corrected chi connectivity index (χ1v) is 9.62. The minimum absolute atomic E-state index is 0.0940. The van der Waals surface area contributed by atoms with Gasteiger partial charge in [-0.1, -0.05) is 42.0 Å². The van der Waals surface area contributed by atoms with Crippen molar-refractivity contribution in [3.63, 3.8) is 0 Å². The molecule has 2 aromatic carbocycles. The van der Waals surface area contributed by atoms with Crippen LogP contribution in [0.15, 0.2) is 60.7 Å². The van der Waals surface area contributed by atoms with Gasteiger partial charge in [-0.25, -0.2) is 0 Å². The van der Waals surface area contributed by atoms with Crippen LogP contribution in [-0.4, -0.2) is 47.2 Å². The second kappa shape index (κ2) is 7.80. The van der Waals surface area contributed by atoms with E-state index in [0.29, 0.717) is 13.1 Å². The monoisotopic (exact) mass is 372 g/mol. The fraction of sp³-hybridized carbons (Fsp3) is 0.261. The average Bonchev–Trinajstić information content (AvgIpc) is 2.74. The first-order chi connectivity index (χ1) is 13.6. The SMILES string of the molecule is Cc1ccc(-c2ccc(N3CCN(C(=O)c4ccccc4)CC3)nn2)c(C)c1. The van der Waals surface area contributed by atoms with Gasteiger partial charge < -0.3 is 9.80 Å². The first kappa shape index (κ1) is 18.2. The Kier molecular flexibility index (Phi) is 5.06. The third-order valence-electron chi connectivity index (χ3n) is 5.22. The topological polar surface area (TPSA) is 49.3 Å². The summed E-state index contributed by atoms with van der Waals surface area (Å²) in [6.45, 7) is 7.09. The number of benzene rings is 2. The highest BCUT2D eigenvalue weighted by Crippen LogP contribution is 2.23. The highest BCUT2D eigenvalue weighted by atomic mass is 16.2. The highest BCUT2D eigenvalue weighted by Gasteiger charge is 2.23. The average molecular weight is 372 g/mol. The van der Waals surface area contributed by atoms with Crippen LogP contribution < -0.4 is 4.90 Å². The number of aromatic nitrogens is 2. The Hall–Kier alpha value is -3.21. The van der Waals surface area contributed by atoms with Crippen LogP contribution in [0.3, 0.4) is 0 Å². The summed E-state index contributed by atoms with van der Waals surface area (Å²) in [5.74, 6) is 0.955. The molecule has 4 rings (SSSR count). The van der Waals surface area contributed by atoms with Crippen LogP contribution in [0.25, 0.3) is 11.3 Å². The number of anilines is 1. The lowest BCUT2D eigenvalue weighted by atomic mass is 10.0. The number of aryl methyl sites for hydroxylation is 2. The molecular formula is C23H24N4O. The number of piperazine rings is 1. The maximum absolute atomic E-state index is 12.6. The van der Waals surface area contributed by atoms with Crippen molar-refractivity contribution in [3.8, 4) is 11.3 Å². The Bertz CT molecular complexity index is 962.